The van der Waals surface area contributed by atoms with Crippen LogP contribution in [0.4, 0.5) is 0 Å². The second kappa shape index (κ2) is 8.77. The van der Waals surface area contributed by atoms with Gasteiger partial charge in [0.2, 0.25) is 0 Å². The molecule has 5 rings (SSSR count). The summed E-state index contributed by atoms with van der Waals surface area (Å²) in [6.07, 6.45) is 8.71. The summed E-state index contributed by atoms with van der Waals surface area (Å²) in [7, 11) is 0. The van der Waals surface area contributed by atoms with Crippen LogP contribution in [0.3, 0.4) is 0 Å². The summed E-state index contributed by atoms with van der Waals surface area (Å²) in [5, 5.41) is 11.8. The molecule has 1 saturated heterocycles. The van der Waals surface area contributed by atoms with Crippen molar-refractivity contribution in [3.8, 4) is 5.75 Å². The van der Waals surface area contributed by atoms with Crippen LogP contribution in [-0.2, 0) is 18.8 Å². The van der Waals surface area contributed by atoms with Crippen molar-refractivity contribution >= 4 is 0 Å². The average Bonchev–Trinajstić information content (AvgIpc) is 2.80. The molecule has 1 aliphatic carbocycles. The van der Waals surface area contributed by atoms with E-state index in [-0.39, 0.29) is 11.8 Å². The normalized spacial score (nSPS) is 25.8. The number of benzene rings is 1. The summed E-state index contributed by atoms with van der Waals surface area (Å²) in [6, 6.07) is 18.1. The van der Waals surface area contributed by atoms with Gasteiger partial charge in [-0.15, -0.1) is 0 Å². The van der Waals surface area contributed by atoms with Gasteiger partial charge in [0.25, 0.3) is 0 Å². The van der Waals surface area contributed by atoms with Gasteiger partial charge in [0.15, 0.2) is 0 Å². The second-order valence-electron chi connectivity index (χ2n) is 8.80. The van der Waals surface area contributed by atoms with Crippen LogP contribution in [0.1, 0.15) is 36.1 Å². The molecule has 160 valence electrons. The van der Waals surface area contributed by atoms with E-state index in [0.717, 1.165) is 49.5 Å². The smallest absolute Gasteiger partial charge is 0.130 e. The highest BCUT2D eigenvalue weighted by atomic mass is 16.5. The number of fused-ring (bicyclic) bond motifs is 2. The minimum Gasteiger partial charge on any atom is -0.487 e. The van der Waals surface area contributed by atoms with Crippen molar-refractivity contribution < 1.29 is 9.84 Å². The molecule has 3 heterocycles. The molecule has 1 aliphatic heterocycles. The Morgan fingerprint density at radius 1 is 0.968 bits per heavy atom. The summed E-state index contributed by atoms with van der Waals surface area (Å²) in [6.45, 7) is 3.06. The first kappa shape index (κ1) is 20.2. The SMILES string of the molecule is OC1(c2cccnc2)C2CCCC1CN(Cc1ccccc1OCc1ccccn1)C2. The van der Waals surface area contributed by atoms with Gasteiger partial charge in [-0.1, -0.05) is 36.8 Å². The molecule has 2 bridgehead atoms. The highest BCUT2D eigenvalue weighted by molar-refractivity contribution is 5.34. The van der Waals surface area contributed by atoms with Gasteiger partial charge in [-0.25, -0.2) is 0 Å². The molecule has 1 N–H and O–H groups in total. The Morgan fingerprint density at radius 3 is 2.52 bits per heavy atom. The lowest BCUT2D eigenvalue weighted by molar-refractivity contribution is -0.148. The van der Waals surface area contributed by atoms with Gasteiger partial charge in [0.05, 0.1) is 11.3 Å². The van der Waals surface area contributed by atoms with E-state index in [1.54, 1.807) is 12.4 Å². The Kier molecular flexibility index (Phi) is 5.70. The van der Waals surface area contributed by atoms with Gasteiger partial charge in [-0.3, -0.25) is 14.9 Å². The fourth-order valence-electron chi connectivity index (χ4n) is 5.39. The molecule has 1 aromatic carbocycles. The van der Waals surface area contributed by atoms with E-state index in [4.69, 9.17) is 4.74 Å². The predicted molar refractivity (Wildman–Crippen MR) is 119 cm³/mol. The van der Waals surface area contributed by atoms with Gasteiger partial charge in [-0.2, -0.15) is 0 Å². The Bertz CT molecular complexity index is 982. The largest absolute Gasteiger partial charge is 0.487 e. The minimum absolute atomic E-state index is 0.228. The number of aromatic nitrogens is 2. The standard InChI is InChI=1S/C26H29N3O2/c30-26(21-10-6-13-27-15-21)22-8-5-9-23(26)18-29(17-22)16-20-7-1-2-12-25(20)31-19-24-11-3-4-14-28-24/h1-4,6-7,10-15,22-23,30H,5,8-9,16-19H2. The summed E-state index contributed by atoms with van der Waals surface area (Å²) >= 11 is 0. The maximum absolute atomic E-state index is 11.8. The van der Waals surface area contributed by atoms with Crippen molar-refractivity contribution in [3.05, 3.63) is 90.0 Å². The molecule has 1 saturated carbocycles. The average molecular weight is 416 g/mol. The van der Waals surface area contributed by atoms with Crippen molar-refractivity contribution in [1.29, 1.82) is 0 Å². The Balaban J connectivity index is 1.31. The molecular formula is C26H29N3O2. The third-order valence-electron chi connectivity index (χ3n) is 6.90. The lowest BCUT2D eigenvalue weighted by Crippen LogP contribution is -2.57. The van der Waals surface area contributed by atoms with Crippen LogP contribution in [0, 0.1) is 11.8 Å². The van der Waals surface area contributed by atoms with Crippen molar-refractivity contribution in [1.82, 2.24) is 14.9 Å². The van der Waals surface area contributed by atoms with Crippen LogP contribution in [0.25, 0.3) is 0 Å². The molecule has 2 aromatic heterocycles. The van der Waals surface area contributed by atoms with E-state index in [9.17, 15) is 5.11 Å². The first-order valence-electron chi connectivity index (χ1n) is 11.2. The molecule has 2 aliphatic rings. The van der Waals surface area contributed by atoms with E-state index < -0.39 is 5.60 Å². The van der Waals surface area contributed by atoms with E-state index in [0.29, 0.717) is 6.61 Å². The fourth-order valence-corrected chi connectivity index (χ4v) is 5.39. The van der Waals surface area contributed by atoms with Gasteiger partial charge in [0, 0.05) is 61.2 Å². The number of hydrogen-bond donors (Lipinski definition) is 1. The summed E-state index contributed by atoms with van der Waals surface area (Å²) in [5.41, 5.74) is 2.32. The van der Waals surface area contributed by atoms with Gasteiger partial charge in [-0.05, 0) is 37.1 Å². The highest BCUT2D eigenvalue weighted by Gasteiger charge is 2.51. The summed E-state index contributed by atoms with van der Waals surface area (Å²) in [4.78, 5) is 11.1. The third-order valence-corrected chi connectivity index (χ3v) is 6.90. The zero-order chi connectivity index (χ0) is 21.1. The molecule has 2 fully saturated rings. The zero-order valence-corrected chi connectivity index (χ0v) is 17.7. The van der Waals surface area contributed by atoms with Crippen molar-refractivity contribution in [3.63, 3.8) is 0 Å². The number of piperidine rings is 1. The van der Waals surface area contributed by atoms with Crippen LogP contribution in [-0.4, -0.2) is 33.1 Å². The van der Waals surface area contributed by atoms with E-state index >= 15 is 0 Å². The maximum atomic E-state index is 11.8. The van der Waals surface area contributed by atoms with Crippen molar-refractivity contribution in [2.24, 2.45) is 11.8 Å². The number of pyridine rings is 2. The topological polar surface area (TPSA) is 58.5 Å². The molecule has 0 spiro atoms. The zero-order valence-electron chi connectivity index (χ0n) is 17.7. The minimum atomic E-state index is -0.766. The van der Waals surface area contributed by atoms with E-state index in [1.807, 2.05) is 48.7 Å². The maximum Gasteiger partial charge on any atom is 0.130 e. The number of para-hydroxylation sites is 1. The van der Waals surface area contributed by atoms with E-state index in [2.05, 4.69) is 27.0 Å². The summed E-state index contributed by atoms with van der Waals surface area (Å²) in [5.74, 6) is 1.36. The number of nitrogens with zero attached hydrogens (tertiary/aromatic N) is 3. The first-order chi connectivity index (χ1) is 15.2. The molecule has 0 amide bonds. The second-order valence-corrected chi connectivity index (χ2v) is 8.80. The van der Waals surface area contributed by atoms with Crippen LogP contribution in [0.2, 0.25) is 0 Å². The monoisotopic (exact) mass is 415 g/mol. The molecule has 0 radical (unpaired) electrons. The molecule has 2 unspecified atom stereocenters. The molecule has 5 heteroatoms. The molecule has 2 atom stereocenters. The number of hydrogen-bond acceptors (Lipinski definition) is 5. The molecule has 31 heavy (non-hydrogen) atoms. The number of likely N-dealkylation sites (tertiary alicyclic amines) is 1. The van der Waals surface area contributed by atoms with Crippen LogP contribution >= 0.6 is 0 Å². The molecule has 5 nitrogen and oxygen atoms in total. The first-order valence-corrected chi connectivity index (χ1v) is 11.2. The Labute approximate surface area is 183 Å². The fraction of sp³-hybridized carbons (Fsp3) is 0.385. The molecular weight excluding hydrogens is 386 g/mol. The van der Waals surface area contributed by atoms with Crippen LogP contribution < -0.4 is 4.74 Å². The summed E-state index contributed by atoms with van der Waals surface area (Å²) < 4.78 is 6.12. The Hall–Kier alpha value is -2.76. The molecule has 3 aromatic rings. The lowest BCUT2D eigenvalue weighted by atomic mass is 9.63. The number of rotatable bonds is 6. The quantitative estimate of drug-likeness (QED) is 0.655. The van der Waals surface area contributed by atoms with Gasteiger partial charge >= 0.3 is 0 Å². The van der Waals surface area contributed by atoms with E-state index in [1.165, 1.54) is 12.0 Å². The van der Waals surface area contributed by atoms with Crippen LogP contribution in [0.15, 0.2) is 73.2 Å². The predicted octanol–water partition coefficient (Wildman–Crippen LogP) is 4.18. The van der Waals surface area contributed by atoms with Gasteiger partial charge in [0.1, 0.15) is 12.4 Å². The Morgan fingerprint density at radius 2 is 1.77 bits per heavy atom. The van der Waals surface area contributed by atoms with Crippen molar-refractivity contribution in [2.75, 3.05) is 13.1 Å². The number of aliphatic hydroxyl groups is 1. The third kappa shape index (κ3) is 4.08. The van der Waals surface area contributed by atoms with Crippen molar-refractivity contribution in [2.45, 2.75) is 38.0 Å². The van der Waals surface area contributed by atoms with Gasteiger partial charge < -0.3 is 9.84 Å². The number of ether oxygens (including phenoxy) is 1. The lowest BCUT2D eigenvalue weighted by Gasteiger charge is -2.53. The van der Waals surface area contributed by atoms with Crippen LogP contribution in [0.5, 0.6) is 5.75 Å². The highest BCUT2D eigenvalue weighted by Crippen LogP contribution is 2.49.